The zero-order chi connectivity index (χ0) is 24.7. The lowest BCUT2D eigenvalue weighted by Crippen LogP contribution is -2.54. The Balaban J connectivity index is 1.34. The normalized spacial score (nSPS) is 20.1. The molecule has 0 saturated carbocycles. The standard InChI is InChI=1S/C25H27Cl2N7O/c1-15-12-33(13-16(2)29-15)18-9-7-17(8-10-18)30-25-28-11-19-23(31-25)32(3)14-34(24(19)35)22-20(26)5-4-6-21(22)27/h4-11,15-16,29H,12-14H2,1-3H3,(H,28,30,31)/t15-,16+. The Morgan fingerprint density at radius 3 is 2.34 bits per heavy atom. The highest BCUT2D eigenvalue weighted by molar-refractivity contribution is 6.40. The van der Waals surface area contributed by atoms with Crippen molar-refractivity contribution >= 4 is 57.9 Å². The number of rotatable bonds is 4. The third-order valence-electron chi connectivity index (χ3n) is 6.21. The summed E-state index contributed by atoms with van der Waals surface area (Å²) in [5, 5.41) is 7.63. The van der Waals surface area contributed by atoms with Crippen molar-refractivity contribution in [2.24, 2.45) is 0 Å². The molecule has 2 atom stereocenters. The van der Waals surface area contributed by atoms with Gasteiger partial charge in [0.15, 0.2) is 0 Å². The van der Waals surface area contributed by atoms with Crippen LogP contribution in [0.3, 0.4) is 0 Å². The van der Waals surface area contributed by atoms with Crippen molar-refractivity contribution in [3.8, 4) is 0 Å². The molecule has 0 spiro atoms. The van der Waals surface area contributed by atoms with Gasteiger partial charge in [0.1, 0.15) is 11.4 Å². The molecule has 1 aromatic heterocycles. The van der Waals surface area contributed by atoms with E-state index in [0.717, 1.165) is 18.8 Å². The number of hydrogen-bond donors (Lipinski definition) is 2. The van der Waals surface area contributed by atoms with Crippen LogP contribution in [-0.2, 0) is 0 Å². The van der Waals surface area contributed by atoms with E-state index in [1.807, 2.05) is 24.1 Å². The summed E-state index contributed by atoms with van der Waals surface area (Å²) in [6, 6.07) is 14.3. The molecule has 1 saturated heterocycles. The lowest BCUT2D eigenvalue weighted by molar-refractivity contribution is 0.0982. The maximum absolute atomic E-state index is 13.2. The fourth-order valence-electron chi connectivity index (χ4n) is 4.71. The fraction of sp³-hybridized carbons (Fsp3) is 0.320. The number of fused-ring (bicyclic) bond motifs is 1. The monoisotopic (exact) mass is 511 g/mol. The highest BCUT2D eigenvalue weighted by atomic mass is 35.5. The van der Waals surface area contributed by atoms with Crippen LogP contribution in [0.1, 0.15) is 24.2 Å². The van der Waals surface area contributed by atoms with E-state index in [1.165, 1.54) is 11.9 Å². The maximum atomic E-state index is 13.2. The van der Waals surface area contributed by atoms with Gasteiger partial charge in [-0.3, -0.25) is 9.69 Å². The number of anilines is 5. The van der Waals surface area contributed by atoms with Gasteiger partial charge in [-0.1, -0.05) is 29.3 Å². The third-order valence-corrected chi connectivity index (χ3v) is 6.82. The molecule has 2 aliphatic heterocycles. The van der Waals surface area contributed by atoms with Crippen LogP contribution in [0.15, 0.2) is 48.7 Å². The molecule has 0 unspecified atom stereocenters. The predicted molar refractivity (Wildman–Crippen MR) is 143 cm³/mol. The van der Waals surface area contributed by atoms with Gasteiger partial charge in [0.2, 0.25) is 5.95 Å². The van der Waals surface area contributed by atoms with Crippen molar-refractivity contribution in [2.45, 2.75) is 25.9 Å². The lowest BCUT2D eigenvalue weighted by Gasteiger charge is -2.37. The molecular weight excluding hydrogens is 485 g/mol. The number of carbonyl (C=O) groups is 1. The Bertz CT molecular complexity index is 1220. The van der Waals surface area contributed by atoms with E-state index >= 15 is 0 Å². The molecule has 182 valence electrons. The van der Waals surface area contributed by atoms with Gasteiger partial charge in [-0.25, -0.2) is 4.98 Å². The first-order chi connectivity index (χ1) is 16.8. The van der Waals surface area contributed by atoms with Gasteiger partial charge in [-0.15, -0.1) is 0 Å². The Morgan fingerprint density at radius 1 is 1.03 bits per heavy atom. The second-order valence-electron chi connectivity index (χ2n) is 9.12. The minimum Gasteiger partial charge on any atom is -0.368 e. The van der Waals surface area contributed by atoms with Crippen molar-refractivity contribution < 1.29 is 4.79 Å². The Kier molecular flexibility index (Phi) is 6.44. The van der Waals surface area contributed by atoms with E-state index in [9.17, 15) is 4.79 Å². The number of benzene rings is 2. The highest BCUT2D eigenvalue weighted by Gasteiger charge is 2.32. The molecule has 3 heterocycles. The van der Waals surface area contributed by atoms with Crippen LogP contribution in [0.25, 0.3) is 0 Å². The molecule has 35 heavy (non-hydrogen) atoms. The quantitative estimate of drug-likeness (QED) is 0.522. The summed E-state index contributed by atoms with van der Waals surface area (Å²) in [5.41, 5.74) is 2.93. The lowest BCUT2D eigenvalue weighted by atomic mass is 10.1. The summed E-state index contributed by atoms with van der Waals surface area (Å²) in [5.74, 6) is 0.723. The largest absolute Gasteiger partial charge is 0.368 e. The van der Waals surface area contributed by atoms with Crippen molar-refractivity contribution in [1.82, 2.24) is 15.3 Å². The highest BCUT2D eigenvalue weighted by Crippen LogP contribution is 2.37. The van der Waals surface area contributed by atoms with Gasteiger partial charge in [0.05, 0.1) is 22.4 Å². The molecule has 0 radical (unpaired) electrons. The van der Waals surface area contributed by atoms with Gasteiger partial charge in [0, 0.05) is 49.8 Å². The topological polar surface area (TPSA) is 76.6 Å². The number of amides is 1. The van der Waals surface area contributed by atoms with Crippen molar-refractivity contribution in [3.63, 3.8) is 0 Å². The summed E-state index contributed by atoms with van der Waals surface area (Å²) >= 11 is 12.7. The number of halogens is 2. The maximum Gasteiger partial charge on any atom is 0.265 e. The molecule has 0 bridgehead atoms. The molecule has 2 N–H and O–H groups in total. The number of carbonyl (C=O) groups excluding carboxylic acids is 1. The molecule has 8 nitrogen and oxygen atoms in total. The van der Waals surface area contributed by atoms with Crippen LogP contribution in [0.4, 0.5) is 28.8 Å². The average Bonchev–Trinajstić information content (AvgIpc) is 2.82. The summed E-state index contributed by atoms with van der Waals surface area (Å²) < 4.78 is 0. The number of nitrogens with one attached hydrogen (secondary N) is 2. The average molecular weight is 512 g/mol. The molecule has 3 aromatic rings. The number of nitrogens with zero attached hydrogens (tertiary/aromatic N) is 5. The molecule has 1 amide bonds. The van der Waals surface area contributed by atoms with Crippen LogP contribution >= 0.6 is 23.2 Å². The first-order valence-electron chi connectivity index (χ1n) is 11.5. The first kappa shape index (κ1) is 23.7. The van der Waals surface area contributed by atoms with Gasteiger partial charge < -0.3 is 20.4 Å². The summed E-state index contributed by atoms with van der Waals surface area (Å²) in [6.07, 6.45) is 1.54. The van der Waals surface area contributed by atoms with Gasteiger partial charge >= 0.3 is 0 Å². The summed E-state index contributed by atoms with van der Waals surface area (Å²) in [6.45, 7) is 6.62. The number of hydrogen-bond acceptors (Lipinski definition) is 7. The van der Waals surface area contributed by atoms with Crippen LogP contribution < -0.4 is 25.3 Å². The molecule has 2 aliphatic rings. The third kappa shape index (κ3) is 4.74. The molecule has 2 aromatic carbocycles. The van der Waals surface area contributed by atoms with Crippen molar-refractivity contribution in [3.05, 3.63) is 64.3 Å². The number of para-hydroxylation sites is 1. The summed E-state index contributed by atoms with van der Waals surface area (Å²) in [4.78, 5) is 28.1. The minimum atomic E-state index is -0.247. The van der Waals surface area contributed by atoms with E-state index in [4.69, 9.17) is 23.2 Å². The zero-order valence-electron chi connectivity index (χ0n) is 19.8. The van der Waals surface area contributed by atoms with E-state index in [-0.39, 0.29) is 12.6 Å². The Hall–Kier alpha value is -3.07. The second-order valence-corrected chi connectivity index (χ2v) is 9.93. The second kappa shape index (κ2) is 9.53. The van der Waals surface area contributed by atoms with Gasteiger partial charge in [-0.2, -0.15) is 4.98 Å². The van der Waals surface area contributed by atoms with Gasteiger partial charge in [0.25, 0.3) is 5.91 Å². The van der Waals surface area contributed by atoms with E-state index in [0.29, 0.717) is 45.1 Å². The number of piperazine rings is 1. The Morgan fingerprint density at radius 2 is 1.69 bits per heavy atom. The van der Waals surface area contributed by atoms with Crippen molar-refractivity contribution in [2.75, 3.05) is 46.8 Å². The van der Waals surface area contributed by atoms with E-state index in [1.54, 1.807) is 23.1 Å². The molecule has 1 fully saturated rings. The molecule has 10 heteroatoms. The first-order valence-corrected chi connectivity index (χ1v) is 12.3. The SMILES string of the molecule is C[C@@H]1CN(c2ccc(Nc3ncc4c(n3)N(C)CN(c3c(Cl)cccc3Cl)C4=O)cc2)C[C@H](C)N1. The zero-order valence-corrected chi connectivity index (χ0v) is 21.3. The summed E-state index contributed by atoms with van der Waals surface area (Å²) in [7, 11) is 1.87. The molecular formula is C25H27Cl2N7O. The molecule has 0 aliphatic carbocycles. The van der Waals surface area contributed by atoms with Crippen LogP contribution in [0, 0.1) is 0 Å². The molecule has 5 rings (SSSR count). The van der Waals surface area contributed by atoms with Crippen molar-refractivity contribution in [1.29, 1.82) is 0 Å². The van der Waals surface area contributed by atoms with E-state index in [2.05, 4.69) is 51.5 Å². The fourth-order valence-corrected chi connectivity index (χ4v) is 5.31. The van der Waals surface area contributed by atoms with Crippen LogP contribution in [0.2, 0.25) is 10.0 Å². The Labute approximate surface area is 214 Å². The smallest absolute Gasteiger partial charge is 0.265 e. The van der Waals surface area contributed by atoms with Crippen LogP contribution in [0.5, 0.6) is 0 Å². The van der Waals surface area contributed by atoms with Crippen LogP contribution in [-0.4, -0.2) is 54.8 Å². The van der Waals surface area contributed by atoms with Gasteiger partial charge in [-0.05, 0) is 50.2 Å². The predicted octanol–water partition coefficient (Wildman–Crippen LogP) is 4.77. The van der Waals surface area contributed by atoms with E-state index < -0.39 is 0 Å². The number of aromatic nitrogens is 2. The minimum absolute atomic E-state index is 0.247.